The van der Waals surface area contributed by atoms with E-state index in [-0.39, 0.29) is 6.61 Å². The molecule has 0 unspecified atom stereocenters. The van der Waals surface area contributed by atoms with Crippen molar-refractivity contribution in [2.45, 2.75) is 13.5 Å². The van der Waals surface area contributed by atoms with Crippen LogP contribution in [-0.2, 0) is 11.3 Å². The van der Waals surface area contributed by atoms with Crippen molar-refractivity contribution < 1.29 is 9.53 Å². The molecule has 2 rings (SSSR count). The maximum atomic E-state index is 11.9. The van der Waals surface area contributed by atoms with Crippen molar-refractivity contribution >= 4 is 27.6 Å². The minimum atomic E-state index is -0.399. The normalized spacial score (nSPS) is 10.2. The van der Waals surface area contributed by atoms with Crippen LogP contribution in [0.25, 0.3) is 0 Å². The number of esters is 1. The summed E-state index contributed by atoms with van der Waals surface area (Å²) in [6.45, 7) is 2.10. The van der Waals surface area contributed by atoms with E-state index in [1.165, 1.54) is 0 Å². The van der Waals surface area contributed by atoms with Gasteiger partial charge in [-0.1, -0.05) is 40.2 Å². The Morgan fingerprint density at radius 2 is 1.89 bits per heavy atom. The van der Waals surface area contributed by atoms with Crippen molar-refractivity contribution in [1.29, 1.82) is 0 Å². The molecule has 2 aromatic carbocycles. The van der Waals surface area contributed by atoms with Crippen LogP contribution in [0.2, 0.25) is 0 Å². The third-order valence-electron chi connectivity index (χ3n) is 2.83. The highest BCUT2D eigenvalue weighted by molar-refractivity contribution is 9.10. The zero-order valence-corrected chi connectivity index (χ0v) is 12.1. The molecule has 0 spiro atoms. The maximum absolute atomic E-state index is 11.9. The molecule has 0 aliphatic carbocycles. The molecule has 2 aromatic rings. The van der Waals surface area contributed by atoms with Crippen LogP contribution in [0.4, 0.5) is 5.69 Å². The van der Waals surface area contributed by atoms with Gasteiger partial charge >= 0.3 is 5.97 Å². The number of carbonyl (C=O) groups is 1. The van der Waals surface area contributed by atoms with E-state index in [1.807, 2.05) is 37.3 Å². The zero-order valence-electron chi connectivity index (χ0n) is 10.5. The summed E-state index contributed by atoms with van der Waals surface area (Å²) in [4.78, 5) is 11.9. The molecule has 3 nitrogen and oxygen atoms in total. The number of para-hydroxylation sites is 1. The van der Waals surface area contributed by atoms with Crippen molar-refractivity contribution in [3.8, 4) is 0 Å². The van der Waals surface area contributed by atoms with Gasteiger partial charge in [-0.25, -0.2) is 4.79 Å². The summed E-state index contributed by atoms with van der Waals surface area (Å²) >= 11 is 3.36. The monoisotopic (exact) mass is 319 g/mol. The predicted octanol–water partition coefficient (Wildman–Crippen LogP) is 3.70. The summed E-state index contributed by atoms with van der Waals surface area (Å²) in [5.74, 6) is -0.399. The summed E-state index contributed by atoms with van der Waals surface area (Å²) in [6, 6.07) is 12.9. The molecule has 0 atom stereocenters. The fraction of sp³-hybridized carbons (Fsp3) is 0.133. The number of carbonyl (C=O) groups excluding carboxylic acids is 1. The van der Waals surface area contributed by atoms with Crippen molar-refractivity contribution in [3.05, 3.63) is 63.6 Å². The number of nitrogens with two attached hydrogens (primary N) is 1. The molecular weight excluding hydrogens is 306 g/mol. The van der Waals surface area contributed by atoms with E-state index < -0.39 is 5.97 Å². The minimum Gasteiger partial charge on any atom is -0.457 e. The number of hydrogen-bond donors (Lipinski definition) is 1. The first-order valence-corrected chi connectivity index (χ1v) is 6.64. The Morgan fingerprint density at radius 3 is 2.58 bits per heavy atom. The smallest absolute Gasteiger partial charge is 0.340 e. The van der Waals surface area contributed by atoms with E-state index in [2.05, 4.69) is 15.9 Å². The summed E-state index contributed by atoms with van der Waals surface area (Å²) in [5, 5.41) is 0. The van der Waals surface area contributed by atoms with E-state index in [0.29, 0.717) is 11.3 Å². The number of nitrogen functional groups attached to an aromatic ring is 1. The molecule has 0 saturated carbocycles. The summed E-state index contributed by atoms with van der Waals surface area (Å²) in [5.41, 5.74) is 8.56. The summed E-state index contributed by atoms with van der Waals surface area (Å²) in [6.07, 6.45) is 0. The van der Waals surface area contributed by atoms with Crippen molar-refractivity contribution in [2.75, 3.05) is 5.73 Å². The molecule has 0 saturated heterocycles. The third kappa shape index (κ3) is 3.35. The van der Waals surface area contributed by atoms with Gasteiger partial charge in [0.1, 0.15) is 6.61 Å². The molecular formula is C15H14BrNO2. The maximum Gasteiger partial charge on any atom is 0.340 e. The van der Waals surface area contributed by atoms with Gasteiger partial charge in [0.05, 0.1) is 5.56 Å². The number of rotatable bonds is 3. The van der Waals surface area contributed by atoms with Gasteiger partial charge in [0.2, 0.25) is 0 Å². The van der Waals surface area contributed by atoms with E-state index in [0.717, 1.165) is 15.6 Å². The van der Waals surface area contributed by atoms with Crippen LogP contribution in [0, 0.1) is 6.92 Å². The lowest BCUT2D eigenvalue weighted by Gasteiger charge is -2.08. The lowest BCUT2D eigenvalue weighted by Crippen LogP contribution is -2.09. The van der Waals surface area contributed by atoms with Crippen LogP contribution in [0.1, 0.15) is 21.5 Å². The van der Waals surface area contributed by atoms with Gasteiger partial charge in [0.15, 0.2) is 0 Å². The number of halogens is 1. The molecule has 0 bridgehead atoms. The van der Waals surface area contributed by atoms with Crippen molar-refractivity contribution in [1.82, 2.24) is 0 Å². The highest BCUT2D eigenvalue weighted by Gasteiger charge is 2.12. The lowest BCUT2D eigenvalue weighted by molar-refractivity contribution is 0.0474. The molecule has 98 valence electrons. The SMILES string of the molecule is Cc1cccc(C(=O)OCc2ccc(Br)cc2)c1N. The van der Waals surface area contributed by atoms with Crippen LogP contribution >= 0.6 is 15.9 Å². The first kappa shape index (κ1) is 13.6. The van der Waals surface area contributed by atoms with Crippen LogP contribution in [0.5, 0.6) is 0 Å². The van der Waals surface area contributed by atoms with Crippen LogP contribution < -0.4 is 5.73 Å². The largest absolute Gasteiger partial charge is 0.457 e. The third-order valence-corrected chi connectivity index (χ3v) is 3.36. The summed E-state index contributed by atoms with van der Waals surface area (Å²) < 4.78 is 6.25. The molecule has 0 aliphatic heterocycles. The van der Waals surface area contributed by atoms with Crippen molar-refractivity contribution in [3.63, 3.8) is 0 Å². The predicted molar refractivity (Wildman–Crippen MR) is 78.9 cm³/mol. The van der Waals surface area contributed by atoms with Crippen LogP contribution in [0.15, 0.2) is 46.9 Å². The second-order valence-corrected chi connectivity index (χ2v) is 5.15. The summed E-state index contributed by atoms with van der Waals surface area (Å²) in [7, 11) is 0. The Balaban J connectivity index is 2.05. The first-order valence-electron chi connectivity index (χ1n) is 5.84. The van der Waals surface area contributed by atoms with Gasteiger partial charge in [0.25, 0.3) is 0 Å². The van der Waals surface area contributed by atoms with E-state index in [9.17, 15) is 4.79 Å². The molecule has 0 fully saturated rings. The van der Waals surface area contributed by atoms with E-state index in [4.69, 9.17) is 10.5 Å². The zero-order chi connectivity index (χ0) is 13.8. The molecule has 0 radical (unpaired) electrons. The first-order chi connectivity index (χ1) is 9.08. The number of ether oxygens (including phenoxy) is 1. The molecule has 4 heteroatoms. The van der Waals surface area contributed by atoms with Crippen molar-refractivity contribution in [2.24, 2.45) is 0 Å². The fourth-order valence-electron chi connectivity index (χ4n) is 1.67. The Kier molecular flexibility index (Phi) is 4.22. The Bertz CT molecular complexity index is 594. The second-order valence-electron chi connectivity index (χ2n) is 4.24. The highest BCUT2D eigenvalue weighted by atomic mass is 79.9. The van der Waals surface area contributed by atoms with Crippen LogP contribution in [-0.4, -0.2) is 5.97 Å². The standard InChI is InChI=1S/C15H14BrNO2/c1-10-3-2-4-13(14(10)17)15(18)19-9-11-5-7-12(16)8-6-11/h2-8H,9,17H2,1H3. The molecule has 0 aromatic heterocycles. The molecule has 2 N–H and O–H groups in total. The average Bonchev–Trinajstić information content (AvgIpc) is 2.41. The van der Waals surface area contributed by atoms with Gasteiger partial charge in [0, 0.05) is 10.2 Å². The average molecular weight is 320 g/mol. The highest BCUT2D eigenvalue weighted by Crippen LogP contribution is 2.18. The molecule has 19 heavy (non-hydrogen) atoms. The Hall–Kier alpha value is -1.81. The van der Waals surface area contributed by atoms with Gasteiger partial charge < -0.3 is 10.5 Å². The van der Waals surface area contributed by atoms with Gasteiger partial charge in [-0.05, 0) is 36.2 Å². The lowest BCUT2D eigenvalue weighted by atomic mass is 10.1. The number of aryl methyl sites for hydroxylation is 1. The molecule has 0 aliphatic rings. The second kappa shape index (κ2) is 5.89. The van der Waals surface area contributed by atoms with Gasteiger partial charge in [-0.3, -0.25) is 0 Å². The minimum absolute atomic E-state index is 0.236. The van der Waals surface area contributed by atoms with E-state index in [1.54, 1.807) is 12.1 Å². The van der Waals surface area contributed by atoms with E-state index >= 15 is 0 Å². The molecule has 0 amide bonds. The van der Waals surface area contributed by atoms with Crippen LogP contribution in [0.3, 0.4) is 0 Å². The Morgan fingerprint density at radius 1 is 1.21 bits per heavy atom. The van der Waals surface area contributed by atoms with Gasteiger partial charge in [-0.15, -0.1) is 0 Å². The topological polar surface area (TPSA) is 52.3 Å². The number of benzene rings is 2. The molecule has 0 heterocycles. The number of hydrogen-bond acceptors (Lipinski definition) is 3. The van der Waals surface area contributed by atoms with Gasteiger partial charge in [-0.2, -0.15) is 0 Å². The number of anilines is 1. The Labute approximate surface area is 120 Å². The fourth-order valence-corrected chi connectivity index (χ4v) is 1.93. The quantitative estimate of drug-likeness (QED) is 0.693.